The second kappa shape index (κ2) is 4.21. The van der Waals surface area contributed by atoms with Crippen LogP contribution in [0.25, 0.3) is 0 Å². The third-order valence-electron chi connectivity index (χ3n) is 0.401. The predicted molar refractivity (Wildman–Crippen MR) is 63.6 cm³/mol. The standard InChI is InChI=1S/C3H2Br6/c4-2(5,6)1-3(7,8)9/h1H2. The van der Waals surface area contributed by atoms with Gasteiger partial charge in [-0.25, -0.2) is 0 Å². The van der Waals surface area contributed by atoms with E-state index in [1.807, 2.05) is 0 Å². The number of hydrogen-bond donors (Lipinski definition) is 0. The SMILES string of the molecule is BrC(Br)(Br)CC(Br)(Br)Br. The highest BCUT2D eigenvalue weighted by atomic mass is 80.0. The van der Waals surface area contributed by atoms with Crippen LogP contribution < -0.4 is 0 Å². The Kier molecular flexibility index (Phi) is 5.56. The first-order valence-electron chi connectivity index (χ1n) is 1.84. The summed E-state index contributed by atoms with van der Waals surface area (Å²) >= 11 is 20.1. The second-order valence-electron chi connectivity index (χ2n) is 1.41. The minimum atomic E-state index is -0.219. The zero-order valence-electron chi connectivity index (χ0n) is 3.97. The number of halogens is 6. The van der Waals surface area contributed by atoms with E-state index in [1.54, 1.807) is 0 Å². The Balaban J connectivity index is 3.75. The smallest absolute Gasteiger partial charge is 0.0598 e. The molecule has 0 saturated heterocycles. The van der Waals surface area contributed by atoms with E-state index in [2.05, 4.69) is 95.6 Å². The van der Waals surface area contributed by atoms with E-state index in [4.69, 9.17) is 0 Å². The Bertz CT molecular complexity index is 73.5. The van der Waals surface area contributed by atoms with E-state index in [0.29, 0.717) is 0 Å². The van der Waals surface area contributed by atoms with Gasteiger partial charge in [0, 0.05) is 6.42 Å². The van der Waals surface area contributed by atoms with Crippen LogP contribution in [0.2, 0.25) is 0 Å². The lowest BCUT2D eigenvalue weighted by Crippen LogP contribution is -2.11. The molecule has 0 atom stereocenters. The summed E-state index contributed by atoms with van der Waals surface area (Å²) in [5, 5.41) is 0. The van der Waals surface area contributed by atoms with E-state index < -0.39 is 0 Å². The van der Waals surface area contributed by atoms with Crippen molar-refractivity contribution in [1.82, 2.24) is 0 Å². The van der Waals surface area contributed by atoms with Crippen LogP contribution in [-0.2, 0) is 0 Å². The molecule has 0 spiro atoms. The maximum Gasteiger partial charge on any atom is 0.138 e. The molecule has 0 nitrogen and oxygen atoms in total. The number of hydrogen-bond acceptors (Lipinski definition) is 0. The first kappa shape index (κ1) is 11.9. The van der Waals surface area contributed by atoms with Gasteiger partial charge in [-0.15, -0.1) is 0 Å². The van der Waals surface area contributed by atoms with E-state index in [-0.39, 0.29) is 4.29 Å². The van der Waals surface area contributed by atoms with Crippen LogP contribution in [0.4, 0.5) is 0 Å². The molecule has 0 N–H and O–H groups in total. The monoisotopic (exact) mass is 512 g/mol. The molecule has 0 aliphatic rings. The molecule has 0 unspecified atom stereocenters. The summed E-state index contributed by atoms with van der Waals surface area (Å²) in [5.41, 5.74) is 0. The molecule has 0 rings (SSSR count). The lowest BCUT2D eigenvalue weighted by atomic mass is 10.6. The molecule has 9 heavy (non-hydrogen) atoms. The van der Waals surface area contributed by atoms with Crippen molar-refractivity contribution in [3.8, 4) is 0 Å². The van der Waals surface area contributed by atoms with Gasteiger partial charge in [-0.1, -0.05) is 95.6 Å². The molecule has 0 fully saturated rings. The molecule has 56 valence electrons. The van der Waals surface area contributed by atoms with E-state index >= 15 is 0 Å². The minimum Gasteiger partial charge on any atom is -0.0598 e. The fourth-order valence-corrected chi connectivity index (χ4v) is 6.14. The molecule has 0 bridgehead atoms. The van der Waals surface area contributed by atoms with E-state index in [9.17, 15) is 0 Å². The average molecular weight is 517 g/mol. The van der Waals surface area contributed by atoms with Crippen molar-refractivity contribution in [2.45, 2.75) is 10.7 Å². The van der Waals surface area contributed by atoms with Crippen LogP contribution >= 0.6 is 95.6 Å². The van der Waals surface area contributed by atoms with Crippen molar-refractivity contribution in [1.29, 1.82) is 0 Å². The Morgan fingerprint density at radius 2 is 0.889 bits per heavy atom. The molecule has 0 aliphatic carbocycles. The molecule has 0 aromatic heterocycles. The fourth-order valence-electron chi connectivity index (χ4n) is 0.227. The second-order valence-corrected chi connectivity index (χ2v) is 15.9. The van der Waals surface area contributed by atoms with Crippen LogP contribution in [0.15, 0.2) is 0 Å². The molecule has 0 aromatic carbocycles. The summed E-state index contributed by atoms with van der Waals surface area (Å²) in [6.45, 7) is 0. The molecule has 6 heteroatoms. The average Bonchev–Trinajstić information content (AvgIpc) is 1.14. The van der Waals surface area contributed by atoms with Gasteiger partial charge < -0.3 is 0 Å². The highest BCUT2D eigenvalue weighted by Crippen LogP contribution is 2.49. The first-order chi connectivity index (χ1) is 3.71. The Hall–Kier alpha value is 2.88. The quantitative estimate of drug-likeness (QED) is 0.395. The maximum atomic E-state index is 3.36. The zero-order chi connectivity index (χ0) is 7.71. The van der Waals surface area contributed by atoms with Gasteiger partial charge in [-0.2, -0.15) is 0 Å². The Morgan fingerprint density at radius 3 is 0.889 bits per heavy atom. The summed E-state index contributed by atoms with van der Waals surface area (Å²) in [7, 11) is 0. The fraction of sp³-hybridized carbons (Fsp3) is 1.00. The highest BCUT2D eigenvalue weighted by molar-refractivity contribution is 9.40. The maximum absolute atomic E-state index is 3.36. The summed E-state index contributed by atoms with van der Waals surface area (Å²) in [5.74, 6) is 0. The number of rotatable bonds is 0. The third kappa shape index (κ3) is 10.9. The lowest BCUT2D eigenvalue weighted by Gasteiger charge is -2.18. The van der Waals surface area contributed by atoms with Crippen molar-refractivity contribution in [2.24, 2.45) is 0 Å². The molecule has 0 radical (unpaired) electrons. The van der Waals surface area contributed by atoms with E-state index in [0.717, 1.165) is 6.42 Å². The Morgan fingerprint density at radius 1 is 0.667 bits per heavy atom. The van der Waals surface area contributed by atoms with Crippen LogP contribution in [-0.4, -0.2) is 4.29 Å². The molecule has 0 aromatic rings. The summed E-state index contributed by atoms with van der Waals surface area (Å²) < 4.78 is -0.438. The highest BCUT2D eigenvalue weighted by Gasteiger charge is 2.30. The van der Waals surface area contributed by atoms with Crippen LogP contribution in [0.3, 0.4) is 0 Å². The van der Waals surface area contributed by atoms with Gasteiger partial charge >= 0.3 is 0 Å². The van der Waals surface area contributed by atoms with Gasteiger partial charge in [-0.05, 0) is 0 Å². The Labute approximate surface area is 105 Å². The van der Waals surface area contributed by atoms with Gasteiger partial charge in [0.25, 0.3) is 0 Å². The molecular formula is C3H2Br6. The van der Waals surface area contributed by atoms with Crippen molar-refractivity contribution < 1.29 is 0 Å². The van der Waals surface area contributed by atoms with Gasteiger partial charge in [0.05, 0.1) is 0 Å². The van der Waals surface area contributed by atoms with Gasteiger partial charge in [0.15, 0.2) is 0 Å². The normalized spacial score (nSPS) is 14.0. The van der Waals surface area contributed by atoms with Crippen molar-refractivity contribution in [2.75, 3.05) is 0 Å². The van der Waals surface area contributed by atoms with Crippen LogP contribution in [0, 0.1) is 0 Å². The molecule has 0 amide bonds. The van der Waals surface area contributed by atoms with E-state index in [1.165, 1.54) is 0 Å². The van der Waals surface area contributed by atoms with Crippen molar-refractivity contribution in [3.63, 3.8) is 0 Å². The molecule has 0 aliphatic heterocycles. The molecule has 0 saturated carbocycles. The molecular weight excluding hydrogens is 515 g/mol. The number of alkyl halides is 6. The largest absolute Gasteiger partial charge is 0.138 e. The minimum absolute atomic E-state index is 0.219. The summed E-state index contributed by atoms with van der Waals surface area (Å²) in [4.78, 5) is 0. The summed E-state index contributed by atoms with van der Waals surface area (Å²) in [6, 6.07) is 0. The summed E-state index contributed by atoms with van der Waals surface area (Å²) in [6.07, 6.45) is 0.792. The van der Waals surface area contributed by atoms with Crippen LogP contribution in [0.1, 0.15) is 6.42 Å². The van der Waals surface area contributed by atoms with Gasteiger partial charge in [0.1, 0.15) is 4.29 Å². The van der Waals surface area contributed by atoms with Crippen molar-refractivity contribution in [3.05, 3.63) is 0 Å². The van der Waals surface area contributed by atoms with Crippen LogP contribution in [0.5, 0.6) is 0 Å². The topological polar surface area (TPSA) is 0 Å². The first-order valence-corrected chi connectivity index (χ1v) is 6.60. The molecule has 0 heterocycles. The lowest BCUT2D eigenvalue weighted by molar-refractivity contribution is 1.01. The predicted octanol–water partition coefficient (Wildman–Crippen LogP) is 5.05. The van der Waals surface area contributed by atoms with Gasteiger partial charge in [0.2, 0.25) is 0 Å². The zero-order valence-corrected chi connectivity index (χ0v) is 13.5. The van der Waals surface area contributed by atoms with Crippen molar-refractivity contribution >= 4 is 95.6 Å². The third-order valence-corrected chi connectivity index (χ3v) is 2.08. The van der Waals surface area contributed by atoms with Gasteiger partial charge in [-0.3, -0.25) is 0 Å².